The Kier molecular flexibility index (Phi) is 4.57. The van der Waals surface area contributed by atoms with E-state index >= 15 is 0 Å². The molecule has 0 unspecified atom stereocenters. The maximum absolute atomic E-state index is 11.0. The van der Waals surface area contributed by atoms with Gasteiger partial charge >= 0.3 is 5.97 Å². The minimum atomic E-state index is -0.0417. The van der Waals surface area contributed by atoms with Crippen LogP contribution >= 0.6 is 0 Å². The molecule has 0 aromatic heterocycles. The number of hydrogen-bond donors (Lipinski definition) is 0. The number of carbonyl (C=O) groups excluding carboxylic acids is 1. The zero-order valence-corrected chi connectivity index (χ0v) is 8.43. The number of ether oxygens (including phenoxy) is 1. The molecule has 0 aromatic rings. The zero-order chi connectivity index (χ0) is 8.32. The van der Waals surface area contributed by atoms with Crippen LogP contribution in [-0.2, 0) is 9.53 Å². The molecule has 12 heavy (non-hydrogen) atoms. The van der Waals surface area contributed by atoms with E-state index in [0.29, 0.717) is 13.2 Å². The monoisotopic (exact) mass is 193 g/mol. The first kappa shape index (κ1) is 11.7. The van der Waals surface area contributed by atoms with E-state index in [2.05, 4.69) is 13.8 Å². The summed E-state index contributed by atoms with van der Waals surface area (Å²) in [6.45, 7) is 8.47. The highest BCUT2D eigenvalue weighted by Gasteiger charge is 2.31. The van der Waals surface area contributed by atoms with Crippen LogP contribution in [0.1, 0.15) is 13.8 Å². The second-order valence-corrected chi connectivity index (χ2v) is 3.08. The number of morpholine rings is 1. The highest BCUT2D eigenvalue weighted by molar-refractivity contribution is 5.71. The maximum Gasteiger partial charge on any atom is 0.362 e. The summed E-state index contributed by atoms with van der Waals surface area (Å²) in [5.41, 5.74) is 0. The average Bonchev–Trinajstić information content (AvgIpc) is 2.04. The predicted octanol–water partition coefficient (Wildman–Crippen LogP) is -2.60. The Morgan fingerprint density at radius 3 is 2.33 bits per heavy atom. The van der Waals surface area contributed by atoms with E-state index in [1.54, 1.807) is 0 Å². The number of likely N-dealkylation sites (N-methyl/N-ethyl adjacent to an activating group) is 1. The summed E-state index contributed by atoms with van der Waals surface area (Å²) in [4.78, 5) is 11.0. The lowest BCUT2D eigenvalue weighted by molar-refractivity contribution is -0.922. The lowest BCUT2D eigenvalue weighted by atomic mass is 10.3. The summed E-state index contributed by atoms with van der Waals surface area (Å²) in [5.74, 6) is -0.0417. The number of carbonyl (C=O) groups is 1. The molecule has 0 aliphatic carbocycles. The van der Waals surface area contributed by atoms with Crippen LogP contribution in [0.15, 0.2) is 0 Å². The number of quaternary nitrogens is 1. The molecule has 0 amide bonds. The van der Waals surface area contributed by atoms with Gasteiger partial charge in [0.15, 0.2) is 6.54 Å². The largest absolute Gasteiger partial charge is 1.00 e. The molecular weight excluding hydrogens is 178 g/mol. The molecule has 72 valence electrons. The van der Waals surface area contributed by atoms with Gasteiger partial charge in [0.2, 0.25) is 0 Å². The Morgan fingerprint density at radius 2 is 2.00 bits per heavy atom. The predicted molar refractivity (Wildman–Crippen MR) is 42.0 cm³/mol. The third-order valence-electron chi connectivity index (χ3n) is 2.63. The highest BCUT2D eigenvalue weighted by Crippen LogP contribution is 2.10. The summed E-state index contributed by atoms with van der Waals surface area (Å²) in [6.07, 6.45) is 0. The van der Waals surface area contributed by atoms with E-state index in [1.165, 1.54) is 0 Å². The molecule has 3 nitrogen and oxygen atoms in total. The van der Waals surface area contributed by atoms with Gasteiger partial charge in [-0.05, 0) is 13.8 Å². The van der Waals surface area contributed by atoms with Crippen LogP contribution in [0.25, 0.3) is 0 Å². The minimum absolute atomic E-state index is 0. The molecule has 1 rings (SSSR count). The number of cyclic esters (lactones) is 1. The van der Waals surface area contributed by atoms with Crippen LogP contribution in [0.3, 0.4) is 0 Å². The quantitative estimate of drug-likeness (QED) is 0.355. The maximum atomic E-state index is 11.0. The minimum Gasteiger partial charge on any atom is -1.00 e. The first-order valence-corrected chi connectivity index (χ1v) is 4.23. The Bertz CT molecular complexity index is 157. The van der Waals surface area contributed by atoms with Crippen molar-refractivity contribution in [3.05, 3.63) is 0 Å². The molecule has 0 saturated carbocycles. The highest BCUT2D eigenvalue weighted by atomic mass is 35.5. The fourth-order valence-corrected chi connectivity index (χ4v) is 1.52. The van der Waals surface area contributed by atoms with Gasteiger partial charge in [-0.15, -0.1) is 0 Å². The Balaban J connectivity index is 0.00000121. The number of esters is 1. The molecule has 0 spiro atoms. The molecule has 1 aliphatic heterocycles. The van der Waals surface area contributed by atoms with E-state index in [9.17, 15) is 4.79 Å². The molecule has 0 bridgehead atoms. The summed E-state index contributed by atoms with van der Waals surface area (Å²) in [6, 6.07) is 0. The van der Waals surface area contributed by atoms with E-state index in [4.69, 9.17) is 4.74 Å². The second-order valence-electron chi connectivity index (χ2n) is 3.08. The van der Waals surface area contributed by atoms with E-state index in [-0.39, 0.29) is 18.4 Å². The number of rotatable bonds is 2. The van der Waals surface area contributed by atoms with Gasteiger partial charge in [-0.25, -0.2) is 4.79 Å². The van der Waals surface area contributed by atoms with E-state index < -0.39 is 0 Å². The summed E-state index contributed by atoms with van der Waals surface area (Å²) < 4.78 is 5.78. The standard InChI is InChI=1S/C8H16NO2.ClH/c1-3-9(4-2)5-6-11-8(10)7-9;/h3-7H2,1-2H3;1H/q+1;/p-1. The van der Waals surface area contributed by atoms with Crippen LogP contribution in [0, 0.1) is 0 Å². The zero-order valence-electron chi connectivity index (χ0n) is 7.68. The first-order chi connectivity index (χ1) is 5.22. The molecule has 0 aromatic carbocycles. The van der Waals surface area contributed by atoms with Crippen molar-refractivity contribution >= 4 is 5.97 Å². The van der Waals surface area contributed by atoms with Gasteiger partial charge in [-0.2, -0.15) is 0 Å². The molecule has 0 N–H and O–H groups in total. The van der Waals surface area contributed by atoms with E-state index in [0.717, 1.165) is 24.1 Å². The van der Waals surface area contributed by atoms with Gasteiger partial charge in [-0.1, -0.05) is 0 Å². The molecule has 1 fully saturated rings. The van der Waals surface area contributed by atoms with Crippen molar-refractivity contribution in [2.24, 2.45) is 0 Å². The van der Waals surface area contributed by atoms with Crippen LogP contribution in [0.5, 0.6) is 0 Å². The second kappa shape index (κ2) is 4.67. The molecule has 0 radical (unpaired) electrons. The van der Waals surface area contributed by atoms with Gasteiger partial charge in [0.25, 0.3) is 0 Å². The van der Waals surface area contributed by atoms with Crippen molar-refractivity contribution in [2.75, 3.05) is 32.8 Å². The van der Waals surface area contributed by atoms with Crippen molar-refractivity contribution in [2.45, 2.75) is 13.8 Å². The number of halogens is 1. The van der Waals surface area contributed by atoms with Gasteiger partial charge in [-0.3, -0.25) is 0 Å². The van der Waals surface area contributed by atoms with Crippen LogP contribution in [0.4, 0.5) is 0 Å². The fraction of sp³-hybridized carbons (Fsp3) is 0.875. The normalized spacial score (nSPS) is 21.0. The summed E-state index contributed by atoms with van der Waals surface area (Å²) in [5, 5.41) is 0. The molecule has 1 aliphatic rings. The molecule has 1 heterocycles. The van der Waals surface area contributed by atoms with E-state index in [1.807, 2.05) is 0 Å². The van der Waals surface area contributed by atoms with Gasteiger partial charge in [0, 0.05) is 0 Å². The Morgan fingerprint density at radius 1 is 1.42 bits per heavy atom. The van der Waals surface area contributed by atoms with Crippen molar-refractivity contribution in [1.29, 1.82) is 0 Å². The van der Waals surface area contributed by atoms with Gasteiger partial charge in [0.1, 0.15) is 13.2 Å². The summed E-state index contributed by atoms with van der Waals surface area (Å²) >= 11 is 0. The van der Waals surface area contributed by atoms with Crippen molar-refractivity contribution in [1.82, 2.24) is 0 Å². The molecule has 1 saturated heterocycles. The van der Waals surface area contributed by atoms with Crippen molar-refractivity contribution < 1.29 is 26.4 Å². The smallest absolute Gasteiger partial charge is 0.362 e. The third-order valence-corrected chi connectivity index (χ3v) is 2.63. The Labute approximate surface area is 79.7 Å². The lowest BCUT2D eigenvalue weighted by Gasteiger charge is -2.38. The topological polar surface area (TPSA) is 26.3 Å². The SMILES string of the molecule is CC[N+]1(CC)CCOC(=O)C1.[Cl-]. The fourth-order valence-electron chi connectivity index (χ4n) is 1.52. The Hall–Kier alpha value is -0.280. The number of nitrogens with zero attached hydrogens (tertiary/aromatic N) is 1. The van der Waals surface area contributed by atoms with Crippen molar-refractivity contribution in [3.8, 4) is 0 Å². The van der Waals surface area contributed by atoms with Gasteiger partial charge < -0.3 is 21.6 Å². The van der Waals surface area contributed by atoms with Crippen LogP contribution in [0.2, 0.25) is 0 Å². The average molecular weight is 194 g/mol. The number of hydrogen-bond acceptors (Lipinski definition) is 2. The first-order valence-electron chi connectivity index (χ1n) is 4.23. The molecule has 0 atom stereocenters. The third kappa shape index (κ3) is 2.35. The molecule has 4 heteroatoms. The van der Waals surface area contributed by atoms with Gasteiger partial charge in [0.05, 0.1) is 13.1 Å². The summed E-state index contributed by atoms with van der Waals surface area (Å²) in [7, 11) is 0. The van der Waals surface area contributed by atoms with Crippen molar-refractivity contribution in [3.63, 3.8) is 0 Å². The molecular formula is C8H16ClNO2. The lowest BCUT2D eigenvalue weighted by Crippen LogP contribution is -3.00. The van der Waals surface area contributed by atoms with Crippen LogP contribution in [-0.4, -0.2) is 43.2 Å². The van der Waals surface area contributed by atoms with Crippen LogP contribution < -0.4 is 12.4 Å².